The fourth-order valence-electron chi connectivity index (χ4n) is 2.63. The number of nitrogens with one attached hydrogen (secondary N) is 2. The van der Waals surface area contributed by atoms with Crippen molar-refractivity contribution in [1.82, 2.24) is 10.6 Å². The van der Waals surface area contributed by atoms with Crippen molar-refractivity contribution in [3.05, 3.63) is 53.6 Å². The van der Waals surface area contributed by atoms with Crippen LogP contribution in [0, 0.1) is 0 Å². The Morgan fingerprint density at radius 3 is 2.10 bits per heavy atom. The van der Waals surface area contributed by atoms with Crippen LogP contribution in [0.25, 0.3) is 0 Å². The van der Waals surface area contributed by atoms with Gasteiger partial charge in [0, 0.05) is 31.3 Å². The molecule has 0 bridgehead atoms. The molecule has 30 heavy (non-hydrogen) atoms. The number of halogens is 4. The van der Waals surface area contributed by atoms with Crippen molar-refractivity contribution < 1.29 is 31.8 Å². The first-order valence-electron chi connectivity index (χ1n) is 9.11. The van der Waals surface area contributed by atoms with Crippen LogP contribution < -0.4 is 24.8 Å². The molecule has 0 unspecified atom stereocenters. The number of ether oxygens (including phenoxy) is 3. The lowest BCUT2D eigenvalue weighted by molar-refractivity contribution is -0.0522. The van der Waals surface area contributed by atoms with Gasteiger partial charge in [-0.05, 0) is 19.1 Å². The highest BCUT2D eigenvalue weighted by molar-refractivity contribution is 5.79. The normalized spacial score (nSPS) is 11.5. The third-order valence-corrected chi connectivity index (χ3v) is 3.87. The predicted octanol–water partition coefficient (Wildman–Crippen LogP) is 4.15. The molecule has 0 radical (unpaired) electrons. The Balaban J connectivity index is 2.05. The Morgan fingerprint density at radius 1 is 0.867 bits per heavy atom. The number of aliphatic imine (C=N–C) groups is 1. The maximum absolute atomic E-state index is 12.8. The molecule has 0 saturated heterocycles. The van der Waals surface area contributed by atoms with Crippen LogP contribution in [-0.4, -0.2) is 32.8 Å². The molecule has 0 spiro atoms. The highest BCUT2D eigenvalue weighted by Gasteiger charge is 2.16. The summed E-state index contributed by atoms with van der Waals surface area (Å²) < 4.78 is 65.2. The molecule has 2 aromatic carbocycles. The van der Waals surface area contributed by atoms with E-state index in [9.17, 15) is 17.6 Å². The summed E-state index contributed by atoms with van der Waals surface area (Å²) in [5.41, 5.74) is 0.937. The number of alkyl halides is 4. The van der Waals surface area contributed by atoms with E-state index in [1.165, 1.54) is 19.2 Å². The number of nitrogens with zero attached hydrogens (tertiary/aromatic N) is 1. The molecule has 0 fully saturated rings. The summed E-state index contributed by atoms with van der Waals surface area (Å²) in [6, 6.07) is 11.2. The molecular weight excluding hydrogens is 406 g/mol. The molecule has 2 N–H and O–H groups in total. The van der Waals surface area contributed by atoms with Crippen molar-refractivity contribution in [2.24, 2.45) is 4.99 Å². The first-order valence-corrected chi connectivity index (χ1v) is 9.11. The van der Waals surface area contributed by atoms with Crippen LogP contribution in [0.3, 0.4) is 0 Å². The largest absolute Gasteiger partial charge is 0.490 e. The molecule has 10 heteroatoms. The lowest BCUT2D eigenvalue weighted by Gasteiger charge is -2.17. The average Bonchev–Trinajstić information content (AvgIpc) is 2.70. The number of para-hydroxylation sites is 2. The van der Waals surface area contributed by atoms with E-state index in [4.69, 9.17) is 4.74 Å². The maximum atomic E-state index is 12.8. The SMILES string of the molecule is CCOc1cccc(CNC(=NC)NCc2ccccc2OC(F)F)c1OC(F)F. The minimum Gasteiger partial charge on any atom is -0.490 e. The van der Waals surface area contributed by atoms with Crippen LogP contribution in [0.4, 0.5) is 17.6 Å². The van der Waals surface area contributed by atoms with Crippen molar-refractivity contribution >= 4 is 5.96 Å². The van der Waals surface area contributed by atoms with Crippen molar-refractivity contribution in [2.75, 3.05) is 13.7 Å². The molecule has 0 atom stereocenters. The van der Waals surface area contributed by atoms with E-state index in [-0.39, 0.29) is 30.3 Å². The highest BCUT2D eigenvalue weighted by atomic mass is 19.3. The third kappa shape index (κ3) is 7.02. The minimum absolute atomic E-state index is 0.0486. The van der Waals surface area contributed by atoms with E-state index in [0.717, 1.165) is 0 Å². The summed E-state index contributed by atoms with van der Waals surface area (Å²) >= 11 is 0. The van der Waals surface area contributed by atoms with E-state index in [1.54, 1.807) is 37.3 Å². The monoisotopic (exact) mass is 429 g/mol. The van der Waals surface area contributed by atoms with Gasteiger partial charge in [0.25, 0.3) is 0 Å². The van der Waals surface area contributed by atoms with Crippen molar-refractivity contribution in [3.63, 3.8) is 0 Å². The Hall–Kier alpha value is -3.17. The molecule has 2 rings (SSSR count). The number of guanidine groups is 1. The number of benzene rings is 2. The second kappa shape index (κ2) is 11.7. The quantitative estimate of drug-likeness (QED) is 0.338. The van der Waals surface area contributed by atoms with Gasteiger partial charge in [-0.1, -0.05) is 30.3 Å². The van der Waals surface area contributed by atoms with Gasteiger partial charge in [-0.3, -0.25) is 4.99 Å². The summed E-state index contributed by atoms with van der Waals surface area (Å²) in [4.78, 5) is 4.04. The minimum atomic E-state index is -3.01. The van der Waals surface area contributed by atoms with Crippen molar-refractivity contribution in [2.45, 2.75) is 33.2 Å². The molecule has 6 nitrogen and oxygen atoms in total. The summed E-state index contributed by atoms with van der Waals surface area (Å²) in [6.07, 6.45) is 0. The topological polar surface area (TPSA) is 64.1 Å². The summed E-state index contributed by atoms with van der Waals surface area (Å²) in [7, 11) is 1.52. The van der Waals surface area contributed by atoms with Gasteiger partial charge in [-0.2, -0.15) is 17.6 Å². The van der Waals surface area contributed by atoms with Crippen LogP contribution in [0.1, 0.15) is 18.1 Å². The molecule has 0 aromatic heterocycles. The molecule has 0 aliphatic heterocycles. The van der Waals surface area contributed by atoms with Gasteiger partial charge < -0.3 is 24.8 Å². The summed E-state index contributed by atoms with van der Waals surface area (Å²) in [5, 5.41) is 5.93. The fourth-order valence-corrected chi connectivity index (χ4v) is 2.63. The average molecular weight is 429 g/mol. The number of hydrogen-bond donors (Lipinski definition) is 2. The van der Waals surface area contributed by atoms with Crippen LogP contribution >= 0.6 is 0 Å². The molecule has 0 amide bonds. The zero-order chi connectivity index (χ0) is 21.9. The van der Waals surface area contributed by atoms with E-state index in [2.05, 4.69) is 25.1 Å². The smallest absolute Gasteiger partial charge is 0.387 e. The predicted molar refractivity (Wildman–Crippen MR) is 104 cm³/mol. The molecular formula is C20H23F4N3O3. The Bertz CT molecular complexity index is 835. The zero-order valence-corrected chi connectivity index (χ0v) is 16.5. The van der Waals surface area contributed by atoms with E-state index in [1.807, 2.05) is 0 Å². The summed E-state index contributed by atoms with van der Waals surface area (Å²) in [5.74, 6) is 0.519. The van der Waals surface area contributed by atoms with Crippen LogP contribution in [0.5, 0.6) is 17.2 Å². The molecule has 2 aromatic rings. The first-order chi connectivity index (χ1) is 14.4. The lowest BCUT2D eigenvalue weighted by atomic mass is 10.2. The molecule has 0 aliphatic rings. The van der Waals surface area contributed by atoms with Gasteiger partial charge in [0.15, 0.2) is 17.5 Å². The van der Waals surface area contributed by atoms with Gasteiger partial charge in [0.2, 0.25) is 0 Å². The first kappa shape index (κ1) is 23.1. The van der Waals surface area contributed by atoms with Gasteiger partial charge in [0.05, 0.1) is 6.61 Å². The number of hydrogen-bond acceptors (Lipinski definition) is 4. The Labute approximate surface area is 171 Å². The third-order valence-electron chi connectivity index (χ3n) is 3.87. The molecule has 0 heterocycles. The van der Waals surface area contributed by atoms with Gasteiger partial charge in [0.1, 0.15) is 5.75 Å². The van der Waals surface area contributed by atoms with Gasteiger partial charge >= 0.3 is 13.2 Å². The van der Waals surface area contributed by atoms with Crippen LogP contribution in [-0.2, 0) is 13.1 Å². The molecule has 164 valence electrons. The molecule has 0 aliphatic carbocycles. The van der Waals surface area contributed by atoms with Crippen LogP contribution in [0.2, 0.25) is 0 Å². The zero-order valence-electron chi connectivity index (χ0n) is 16.5. The second-order valence-electron chi connectivity index (χ2n) is 5.82. The highest BCUT2D eigenvalue weighted by Crippen LogP contribution is 2.32. The second-order valence-corrected chi connectivity index (χ2v) is 5.82. The lowest BCUT2D eigenvalue weighted by Crippen LogP contribution is -2.36. The van der Waals surface area contributed by atoms with E-state index in [0.29, 0.717) is 23.7 Å². The van der Waals surface area contributed by atoms with Gasteiger partial charge in [-0.15, -0.1) is 0 Å². The van der Waals surface area contributed by atoms with Crippen molar-refractivity contribution in [1.29, 1.82) is 0 Å². The molecule has 0 saturated carbocycles. The maximum Gasteiger partial charge on any atom is 0.387 e. The Morgan fingerprint density at radius 2 is 1.47 bits per heavy atom. The standard InChI is InChI=1S/C20H23F4N3O3/c1-3-28-16-10-6-8-14(17(16)30-19(23)24)12-27-20(25-2)26-11-13-7-4-5-9-15(13)29-18(21)22/h4-10,18-19H,3,11-12H2,1-2H3,(H2,25,26,27). The van der Waals surface area contributed by atoms with Gasteiger partial charge in [-0.25, -0.2) is 0 Å². The van der Waals surface area contributed by atoms with E-state index < -0.39 is 13.2 Å². The number of rotatable bonds is 10. The van der Waals surface area contributed by atoms with E-state index >= 15 is 0 Å². The Kier molecular flexibility index (Phi) is 9.04. The fraction of sp³-hybridized carbons (Fsp3) is 0.350. The van der Waals surface area contributed by atoms with Crippen molar-refractivity contribution in [3.8, 4) is 17.2 Å². The van der Waals surface area contributed by atoms with Crippen LogP contribution in [0.15, 0.2) is 47.5 Å². The summed E-state index contributed by atoms with van der Waals surface area (Å²) in [6.45, 7) is -3.65.